The van der Waals surface area contributed by atoms with Gasteiger partial charge in [0.15, 0.2) is 0 Å². The monoisotopic (exact) mass is 278 g/mol. The lowest BCUT2D eigenvalue weighted by Gasteiger charge is -2.28. The van der Waals surface area contributed by atoms with E-state index in [4.69, 9.17) is 18.0 Å². The first kappa shape index (κ1) is 18.1. The second-order valence-corrected chi connectivity index (χ2v) is 6.78. The van der Waals surface area contributed by atoms with Gasteiger partial charge in [0, 0.05) is 32.5 Å². The zero-order chi connectivity index (χ0) is 13.7. The van der Waals surface area contributed by atoms with Crippen LogP contribution in [0.4, 0.5) is 0 Å². The summed E-state index contributed by atoms with van der Waals surface area (Å²) in [6, 6.07) is 0.745. The largest absolute Gasteiger partial charge is 0.503 e. The number of ether oxygens (including phenoxy) is 1. The summed E-state index contributed by atoms with van der Waals surface area (Å²) in [5.74, 6) is 0. The zero-order valence-corrected chi connectivity index (χ0v) is 13.5. The summed E-state index contributed by atoms with van der Waals surface area (Å²) >= 11 is 0. The van der Waals surface area contributed by atoms with Gasteiger partial charge in [0.05, 0.1) is 6.61 Å². The van der Waals surface area contributed by atoms with Gasteiger partial charge in [-0.2, -0.15) is 0 Å². The summed E-state index contributed by atoms with van der Waals surface area (Å²) in [7, 11) is -2.49. The molecule has 0 saturated heterocycles. The minimum atomic E-state index is -2.49. The molecule has 0 bridgehead atoms. The maximum atomic E-state index is 5.75. The van der Waals surface area contributed by atoms with Crippen molar-refractivity contribution in [3.63, 3.8) is 0 Å². The molecule has 0 aromatic heterocycles. The molecule has 0 aliphatic heterocycles. The SMILES string of the molecule is CCCCCOCC[Si](OCC)(OCC)OCC. The molecule has 0 aliphatic carbocycles. The fraction of sp³-hybridized carbons (Fsp3) is 1.00. The maximum absolute atomic E-state index is 5.75. The highest BCUT2D eigenvalue weighted by Gasteiger charge is 2.39. The molecule has 0 N–H and O–H groups in total. The predicted octanol–water partition coefficient (Wildman–Crippen LogP) is 3.24. The molecular formula is C13H30O4Si. The smallest absolute Gasteiger partial charge is 0.381 e. The van der Waals surface area contributed by atoms with Crippen molar-refractivity contribution in [1.29, 1.82) is 0 Å². The van der Waals surface area contributed by atoms with Crippen molar-refractivity contribution >= 4 is 8.80 Å². The molecule has 0 spiro atoms. The quantitative estimate of drug-likeness (QED) is 0.383. The van der Waals surface area contributed by atoms with Crippen LogP contribution in [0.25, 0.3) is 0 Å². The summed E-state index contributed by atoms with van der Waals surface area (Å²) in [6.45, 7) is 11.5. The van der Waals surface area contributed by atoms with Gasteiger partial charge in [0.1, 0.15) is 0 Å². The predicted molar refractivity (Wildman–Crippen MR) is 75.8 cm³/mol. The number of hydrogen-bond donors (Lipinski definition) is 0. The van der Waals surface area contributed by atoms with Crippen LogP contribution in [0.2, 0.25) is 6.04 Å². The lowest BCUT2D eigenvalue weighted by molar-refractivity contribution is 0.0574. The highest BCUT2D eigenvalue weighted by Crippen LogP contribution is 2.16. The van der Waals surface area contributed by atoms with Gasteiger partial charge < -0.3 is 18.0 Å². The van der Waals surface area contributed by atoms with Gasteiger partial charge in [-0.25, -0.2) is 0 Å². The van der Waals surface area contributed by atoms with Gasteiger partial charge >= 0.3 is 8.80 Å². The molecule has 0 aliphatic rings. The molecular weight excluding hydrogens is 248 g/mol. The molecule has 0 saturated carbocycles. The van der Waals surface area contributed by atoms with E-state index in [0.29, 0.717) is 26.4 Å². The van der Waals surface area contributed by atoms with Gasteiger partial charge in [-0.3, -0.25) is 0 Å². The molecule has 0 fully saturated rings. The van der Waals surface area contributed by atoms with E-state index >= 15 is 0 Å². The van der Waals surface area contributed by atoms with Crippen molar-refractivity contribution in [3.8, 4) is 0 Å². The molecule has 5 heteroatoms. The van der Waals surface area contributed by atoms with E-state index in [-0.39, 0.29) is 0 Å². The van der Waals surface area contributed by atoms with Crippen LogP contribution >= 0.6 is 0 Å². The fourth-order valence-electron chi connectivity index (χ4n) is 1.75. The minimum absolute atomic E-state index is 0.627. The van der Waals surface area contributed by atoms with Crippen molar-refractivity contribution in [2.75, 3.05) is 33.0 Å². The Bertz CT molecular complexity index is 161. The van der Waals surface area contributed by atoms with Crippen LogP contribution in [0, 0.1) is 0 Å². The Morgan fingerprint density at radius 2 is 1.28 bits per heavy atom. The van der Waals surface area contributed by atoms with E-state index < -0.39 is 8.80 Å². The Hall–Kier alpha value is 0.0569. The number of rotatable bonds is 13. The third-order valence-electron chi connectivity index (χ3n) is 2.54. The van der Waals surface area contributed by atoms with E-state index in [2.05, 4.69) is 6.92 Å². The molecule has 0 heterocycles. The third-order valence-corrected chi connectivity index (χ3v) is 5.54. The minimum Gasteiger partial charge on any atom is -0.381 e. The van der Waals surface area contributed by atoms with Crippen molar-refractivity contribution in [3.05, 3.63) is 0 Å². The zero-order valence-electron chi connectivity index (χ0n) is 12.5. The van der Waals surface area contributed by atoms with Gasteiger partial charge in [-0.05, 0) is 27.2 Å². The summed E-state index contributed by atoms with van der Waals surface area (Å²) in [5, 5.41) is 0. The molecule has 0 atom stereocenters. The standard InChI is InChI=1S/C13H30O4Si/c1-5-9-10-11-14-12-13-18(15-6-2,16-7-3)17-8-4/h5-13H2,1-4H3. The van der Waals surface area contributed by atoms with Crippen molar-refractivity contribution in [1.82, 2.24) is 0 Å². The summed E-state index contributed by atoms with van der Waals surface area (Å²) in [5.41, 5.74) is 0. The molecule has 18 heavy (non-hydrogen) atoms. The van der Waals surface area contributed by atoms with Crippen LogP contribution in [0.15, 0.2) is 0 Å². The normalized spacial score (nSPS) is 12.0. The van der Waals surface area contributed by atoms with Gasteiger partial charge in [0.25, 0.3) is 0 Å². The second kappa shape index (κ2) is 12.1. The number of unbranched alkanes of at least 4 members (excludes halogenated alkanes) is 2. The Balaban J connectivity index is 3.97. The average Bonchev–Trinajstić information content (AvgIpc) is 2.35. The van der Waals surface area contributed by atoms with Gasteiger partial charge in [-0.15, -0.1) is 0 Å². The van der Waals surface area contributed by atoms with Crippen LogP contribution in [0.1, 0.15) is 47.0 Å². The van der Waals surface area contributed by atoms with Crippen molar-refractivity contribution in [2.45, 2.75) is 53.0 Å². The lowest BCUT2D eigenvalue weighted by atomic mass is 10.3. The van der Waals surface area contributed by atoms with Crippen molar-refractivity contribution < 1.29 is 18.0 Å². The van der Waals surface area contributed by atoms with E-state index in [1.54, 1.807) is 0 Å². The molecule has 0 amide bonds. The highest BCUT2D eigenvalue weighted by atomic mass is 28.4. The third kappa shape index (κ3) is 8.21. The molecule has 0 aromatic rings. The van der Waals surface area contributed by atoms with E-state index in [9.17, 15) is 0 Å². The van der Waals surface area contributed by atoms with Gasteiger partial charge in [-0.1, -0.05) is 19.8 Å². The highest BCUT2D eigenvalue weighted by molar-refractivity contribution is 6.60. The van der Waals surface area contributed by atoms with Crippen LogP contribution in [0.5, 0.6) is 0 Å². The molecule has 0 rings (SSSR count). The summed E-state index contributed by atoms with van der Waals surface area (Å²) in [4.78, 5) is 0. The first-order valence-corrected chi connectivity index (χ1v) is 9.17. The molecule has 0 unspecified atom stereocenters. The topological polar surface area (TPSA) is 36.9 Å². The Morgan fingerprint density at radius 1 is 0.722 bits per heavy atom. The molecule has 4 nitrogen and oxygen atoms in total. The van der Waals surface area contributed by atoms with E-state index in [1.807, 2.05) is 20.8 Å². The second-order valence-electron chi connectivity index (χ2n) is 4.05. The molecule has 0 radical (unpaired) electrons. The average molecular weight is 278 g/mol. The number of hydrogen-bond acceptors (Lipinski definition) is 4. The van der Waals surface area contributed by atoms with Crippen molar-refractivity contribution in [2.24, 2.45) is 0 Å². The Morgan fingerprint density at radius 3 is 1.72 bits per heavy atom. The lowest BCUT2D eigenvalue weighted by Crippen LogP contribution is -2.46. The Labute approximate surface area is 113 Å². The molecule has 0 aromatic carbocycles. The summed E-state index contributed by atoms with van der Waals surface area (Å²) in [6.07, 6.45) is 3.58. The fourth-order valence-corrected chi connectivity index (χ4v) is 4.15. The Kier molecular flexibility index (Phi) is 12.1. The summed E-state index contributed by atoms with van der Waals surface area (Å²) < 4.78 is 22.9. The van der Waals surface area contributed by atoms with Crippen LogP contribution in [-0.2, 0) is 18.0 Å². The first-order chi connectivity index (χ1) is 8.74. The first-order valence-electron chi connectivity index (χ1n) is 7.24. The van der Waals surface area contributed by atoms with E-state index in [0.717, 1.165) is 19.1 Å². The van der Waals surface area contributed by atoms with E-state index in [1.165, 1.54) is 12.8 Å². The van der Waals surface area contributed by atoms with Gasteiger partial charge in [0.2, 0.25) is 0 Å². The van der Waals surface area contributed by atoms with Crippen LogP contribution < -0.4 is 0 Å². The maximum Gasteiger partial charge on any atom is 0.503 e. The van der Waals surface area contributed by atoms with Crippen LogP contribution in [0.3, 0.4) is 0 Å². The van der Waals surface area contributed by atoms with Crippen LogP contribution in [-0.4, -0.2) is 41.8 Å². The molecule has 110 valence electrons.